The van der Waals surface area contributed by atoms with Gasteiger partial charge in [0.15, 0.2) is 22.5 Å². The fourth-order valence-electron chi connectivity index (χ4n) is 3.56. The maximum Gasteiger partial charge on any atom is 0.333 e. The molecule has 0 fully saturated rings. The molecule has 4 aromatic rings. The molecule has 0 bridgehead atoms. The Hall–Kier alpha value is -3.80. The number of hydrogen-bond acceptors (Lipinski definition) is 7. The van der Waals surface area contributed by atoms with Crippen LogP contribution in [0.15, 0.2) is 37.8 Å². The average Bonchev–Trinajstić information content (AvgIpc) is 3.43. The lowest BCUT2D eigenvalue weighted by Crippen LogP contribution is -2.37. The van der Waals surface area contributed by atoms with Crippen molar-refractivity contribution < 1.29 is 22.7 Å². The van der Waals surface area contributed by atoms with Gasteiger partial charge in [0.25, 0.3) is 5.56 Å². The molecule has 0 saturated carbocycles. The van der Waals surface area contributed by atoms with Gasteiger partial charge in [-0.1, -0.05) is 20.8 Å². The van der Waals surface area contributed by atoms with Crippen molar-refractivity contribution in [3.8, 4) is 17.0 Å². The van der Waals surface area contributed by atoms with Gasteiger partial charge in [0.1, 0.15) is 17.3 Å². The smallest absolute Gasteiger partial charge is 0.333 e. The Morgan fingerprint density at radius 2 is 1.81 bits per heavy atom. The predicted octanol–water partition coefficient (Wildman–Crippen LogP) is 4.34. The van der Waals surface area contributed by atoms with Crippen molar-refractivity contribution >= 4 is 39.2 Å². The van der Waals surface area contributed by atoms with Gasteiger partial charge >= 0.3 is 5.69 Å². The van der Waals surface area contributed by atoms with Crippen LogP contribution in [0.25, 0.3) is 22.4 Å². The number of carbonyl (C=O) groups excluding carboxylic acids is 1. The summed E-state index contributed by atoms with van der Waals surface area (Å²) in [5.41, 5.74) is -1.06. The number of furan rings is 1. The van der Waals surface area contributed by atoms with E-state index in [1.54, 1.807) is 0 Å². The van der Waals surface area contributed by atoms with Crippen LogP contribution in [-0.4, -0.2) is 26.6 Å². The average molecular weight is 519 g/mol. The van der Waals surface area contributed by atoms with Crippen LogP contribution in [0.1, 0.15) is 27.7 Å². The molecule has 0 saturated heterocycles. The quantitative estimate of drug-likeness (QED) is 0.390. The highest BCUT2D eigenvalue weighted by Crippen LogP contribution is 2.37. The van der Waals surface area contributed by atoms with E-state index in [0.29, 0.717) is 0 Å². The number of amides is 1. The summed E-state index contributed by atoms with van der Waals surface area (Å²) in [4.78, 5) is 43.2. The topological polar surface area (TPSA) is 99.6 Å². The van der Waals surface area contributed by atoms with Crippen LogP contribution < -0.4 is 20.9 Å². The number of aryl methyl sites for hydroxylation is 1. The number of anilines is 2. The first-order chi connectivity index (χ1) is 16.8. The number of fused-ring (bicyclic) bond motifs is 1. The van der Waals surface area contributed by atoms with Crippen molar-refractivity contribution in [3.63, 3.8) is 0 Å². The van der Waals surface area contributed by atoms with Crippen LogP contribution in [0.2, 0.25) is 0 Å². The normalized spacial score (nSPS) is 11.8. The first-order valence-corrected chi connectivity index (χ1v) is 11.7. The van der Waals surface area contributed by atoms with E-state index in [4.69, 9.17) is 9.15 Å². The molecule has 36 heavy (non-hydrogen) atoms. The van der Waals surface area contributed by atoms with Gasteiger partial charge < -0.3 is 9.15 Å². The lowest BCUT2D eigenvalue weighted by Gasteiger charge is -2.19. The van der Waals surface area contributed by atoms with Crippen molar-refractivity contribution in [2.45, 2.75) is 27.7 Å². The van der Waals surface area contributed by atoms with Crippen LogP contribution in [0.4, 0.5) is 19.6 Å². The van der Waals surface area contributed by atoms with Gasteiger partial charge in [-0.2, -0.15) is 0 Å². The molecule has 190 valence electrons. The van der Waals surface area contributed by atoms with E-state index in [1.807, 2.05) is 20.8 Å². The van der Waals surface area contributed by atoms with Crippen LogP contribution in [-0.2, 0) is 18.9 Å². The zero-order valence-electron chi connectivity index (χ0n) is 20.5. The summed E-state index contributed by atoms with van der Waals surface area (Å²) < 4.78 is 42.2. The molecule has 0 aliphatic heterocycles. The molecule has 0 atom stereocenters. The zero-order valence-corrected chi connectivity index (χ0v) is 21.3. The highest BCUT2D eigenvalue weighted by atomic mass is 32.1. The SMILES string of the molecule is CC(=O)N(c1nc(-c2cc(F)c(OCC(C)(C)C)c(F)c2)cs1)c1coc2c1c(=O)n(C)c(=O)n2C. The minimum Gasteiger partial charge on any atom is -0.487 e. The van der Waals surface area contributed by atoms with E-state index in [1.165, 1.54) is 32.7 Å². The van der Waals surface area contributed by atoms with E-state index in [9.17, 15) is 23.2 Å². The number of hydrogen-bond donors (Lipinski definition) is 0. The fraction of sp³-hybridized carbons (Fsp3) is 0.333. The lowest BCUT2D eigenvalue weighted by atomic mass is 9.99. The van der Waals surface area contributed by atoms with Gasteiger partial charge in [-0.05, 0) is 17.5 Å². The van der Waals surface area contributed by atoms with Crippen molar-refractivity contribution in [3.05, 3.63) is 56.2 Å². The molecule has 9 nitrogen and oxygen atoms in total. The van der Waals surface area contributed by atoms with E-state index in [2.05, 4.69) is 4.98 Å². The largest absolute Gasteiger partial charge is 0.487 e. The van der Waals surface area contributed by atoms with E-state index in [-0.39, 0.29) is 45.2 Å². The molecule has 12 heteroatoms. The van der Waals surface area contributed by atoms with E-state index < -0.39 is 34.5 Å². The van der Waals surface area contributed by atoms with Crippen molar-refractivity contribution in [1.29, 1.82) is 0 Å². The molecule has 1 amide bonds. The molecular weight excluding hydrogens is 494 g/mol. The fourth-order valence-corrected chi connectivity index (χ4v) is 4.45. The summed E-state index contributed by atoms with van der Waals surface area (Å²) in [7, 11) is 2.76. The minimum absolute atomic E-state index is 0.00360. The van der Waals surface area contributed by atoms with E-state index >= 15 is 0 Å². The number of nitrogens with zero attached hydrogens (tertiary/aromatic N) is 4. The van der Waals surface area contributed by atoms with Gasteiger partial charge in [0.2, 0.25) is 11.6 Å². The summed E-state index contributed by atoms with van der Waals surface area (Å²) in [6.45, 7) is 7.04. The van der Waals surface area contributed by atoms with Gasteiger partial charge in [0, 0.05) is 32.0 Å². The second-order valence-corrected chi connectivity index (χ2v) is 10.3. The summed E-state index contributed by atoms with van der Waals surface area (Å²) in [6.07, 6.45) is 1.19. The van der Waals surface area contributed by atoms with Gasteiger partial charge in [-0.25, -0.2) is 18.6 Å². The standard InChI is InChI=1S/C24H24F2N4O5S/c1-12(31)30(17-9-34-21-18(17)20(32)28(5)23(33)29(21)6)22-27-16(10-36-22)13-7-14(25)19(15(26)8-13)35-11-24(2,3)4/h7-10H,11H2,1-6H3. The number of rotatable bonds is 5. The third-order valence-electron chi connectivity index (χ3n) is 5.33. The Morgan fingerprint density at radius 1 is 1.17 bits per heavy atom. The summed E-state index contributed by atoms with van der Waals surface area (Å²) in [5.74, 6) is -2.71. The number of aromatic nitrogens is 3. The van der Waals surface area contributed by atoms with E-state index in [0.717, 1.165) is 37.5 Å². The molecule has 1 aromatic carbocycles. The Labute approximate surface area is 208 Å². The van der Waals surface area contributed by atoms with Crippen LogP contribution >= 0.6 is 11.3 Å². The molecule has 3 heterocycles. The monoisotopic (exact) mass is 518 g/mol. The van der Waals surface area contributed by atoms with Crippen molar-refractivity contribution in [1.82, 2.24) is 14.1 Å². The summed E-state index contributed by atoms with van der Waals surface area (Å²) >= 11 is 1.03. The van der Waals surface area contributed by atoms with Crippen LogP contribution in [0.5, 0.6) is 5.75 Å². The number of carbonyl (C=O) groups is 1. The Morgan fingerprint density at radius 3 is 2.39 bits per heavy atom. The molecule has 3 aromatic heterocycles. The minimum atomic E-state index is -0.877. The summed E-state index contributed by atoms with van der Waals surface area (Å²) in [6, 6.07) is 2.22. The number of thiazole rings is 1. The Bertz CT molecular complexity index is 1590. The third kappa shape index (κ3) is 4.43. The second-order valence-electron chi connectivity index (χ2n) is 9.49. The first-order valence-electron chi connectivity index (χ1n) is 10.9. The number of ether oxygens (including phenoxy) is 1. The maximum atomic E-state index is 14.7. The molecule has 0 N–H and O–H groups in total. The molecule has 0 aliphatic carbocycles. The van der Waals surface area contributed by atoms with Crippen LogP contribution in [0.3, 0.4) is 0 Å². The Balaban J connectivity index is 1.76. The first kappa shape index (κ1) is 25.3. The summed E-state index contributed by atoms with van der Waals surface area (Å²) in [5, 5.41) is 1.69. The predicted molar refractivity (Wildman–Crippen MR) is 132 cm³/mol. The Kier molecular flexibility index (Phi) is 6.33. The molecule has 0 unspecified atom stereocenters. The number of benzene rings is 1. The molecule has 4 rings (SSSR count). The molecule has 0 aliphatic rings. The zero-order chi connectivity index (χ0) is 26.5. The molecule has 0 radical (unpaired) electrons. The maximum absolute atomic E-state index is 14.7. The molecule has 0 spiro atoms. The van der Waals surface area contributed by atoms with Crippen LogP contribution in [0, 0.1) is 17.0 Å². The van der Waals surface area contributed by atoms with Crippen molar-refractivity contribution in [2.24, 2.45) is 19.5 Å². The van der Waals surface area contributed by atoms with Gasteiger partial charge in [-0.3, -0.25) is 23.6 Å². The van der Waals surface area contributed by atoms with Crippen molar-refractivity contribution in [2.75, 3.05) is 11.5 Å². The third-order valence-corrected chi connectivity index (χ3v) is 6.16. The lowest BCUT2D eigenvalue weighted by molar-refractivity contribution is -0.115. The highest BCUT2D eigenvalue weighted by molar-refractivity contribution is 7.14. The second kappa shape index (κ2) is 9.01. The van der Waals surface area contributed by atoms with Gasteiger partial charge in [-0.15, -0.1) is 11.3 Å². The highest BCUT2D eigenvalue weighted by Gasteiger charge is 2.27. The van der Waals surface area contributed by atoms with Gasteiger partial charge in [0.05, 0.1) is 12.3 Å². The number of halogens is 2. The molecular formula is C24H24F2N4O5S.